The zero-order valence-electron chi connectivity index (χ0n) is 11.5. The Hall–Kier alpha value is -1.75. The molecule has 1 aromatic rings. The van der Waals surface area contributed by atoms with Crippen molar-refractivity contribution >= 4 is 11.6 Å². The molecular weight excluding hydrogens is 244 g/mol. The maximum absolute atomic E-state index is 12.1. The maximum Gasteiger partial charge on any atom is 0.255 e. The molecule has 5 nitrogen and oxygen atoms in total. The van der Waals surface area contributed by atoms with Crippen LogP contribution in [0.1, 0.15) is 30.1 Å². The summed E-state index contributed by atoms with van der Waals surface area (Å²) in [5.74, 6) is 0.469. The van der Waals surface area contributed by atoms with Gasteiger partial charge in [-0.2, -0.15) is 0 Å². The third-order valence-corrected chi connectivity index (χ3v) is 3.16. The zero-order valence-corrected chi connectivity index (χ0v) is 11.5. The van der Waals surface area contributed by atoms with Crippen molar-refractivity contribution in [2.24, 2.45) is 5.92 Å². The van der Waals surface area contributed by atoms with E-state index in [0.29, 0.717) is 30.0 Å². The van der Waals surface area contributed by atoms with Crippen LogP contribution in [0.25, 0.3) is 0 Å². The van der Waals surface area contributed by atoms with E-state index in [1.54, 1.807) is 18.2 Å². The van der Waals surface area contributed by atoms with Crippen molar-refractivity contribution in [1.82, 2.24) is 5.32 Å². The molecule has 0 radical (unpaired) electrons. The SMILES string of the molecule is CCC(CCO)CNC(=O)c1cccc(N)c1OC. The standard InChI is InChI=1S/C14H22N2O3/c1-3-10(7-8-17)9-16-14(18)11-5-4-6-12(15)13(11)19-2/h4-6,10,17H,3,7-9,15H2,1-2H3,(H,16,18). The van der Waals surface area contributed by atoms with Gasteiger partial charge in [-0.15, -0.1) is 0 Å². The maximum atomic E-state index is 12.1. The second kappa shape index (κ2) is 7.63. The van der Waals surface area contributed by atoms with Crippen LogP contribution in [-0.4, -0.2) is 31.3 Å². The lowest BCUT2D eigenvalue weighted by Gasteiger charge is -2.15. The predicted molar refractivity (Wildman–Crippen MR) is 75.2 cm³/mol. The first-order valence-corrected chi connectivity index (χ1v) is 6.45. The van der Waals surface area contributed by atoms with Crippen molar-refractivity contribution in [3.8, 4) is 5.75 Å². The number of methoxy groups -OCH3 is 1. The van der Waals surface area contributed by atoms with Gasteiger partial charge in [0.2, 0.25) is 0 Å². The van der Waals surface area contributed by atoms with Gasteiger partial charge in [0, 0.05) is 13.2 Å². The van der Waals surface area contributed by atoms with E-state index in [1.165, 1.54) is 7.11 Å². The summed E-state index contributed by atoms with van der Waals surface area (Å²) >= 11 is 0. The highest BCUT2D eigenvalue weighted by molar-refractivity contribution is 5.98. The fourth-order valence-electron chi connectivity index (χ4n) is 1.93. The van der Waals surface area contributed by atoms with Gasteiger partial charge in [0.05, 0.1) is 18.4 Å². The number of amides is 1. The Bertz CT molecular complexity index is 421. The topological polar surface area (TPSA) is 84.6 Å². The molecule has 0 aliphatic carbocycles. The molecule has 1 rings (SSSR count). The summed E-state index contributed by atoms with van der Waals surface area (Å²) in [6, 6.07) is 5.09. The van der Waals surface area contributed by atoms with E-state index in [1.807, 2.05) is 6.92 Å². The molecule has 4 N–H and O–H groups in total. The molecule has 0 aromatic heterocycles. The quantitative estimate of drug-likeness (QED) is 0.652. The highest BCUT2D eigenvalue weighted by atomic mass is 16.5. The second-order valence-electron chi connectivity index (χ2n) is 4.42. The van der Waals surface area contributed by atoms with E-state index >= 15 is 0 Å². The van der Waals surface area contributed by atoms with Gasteiger partial charge in [-0.1, -0.05) is 19.4 Å². The van der Waals surface area contributed by atoms with Gasteiger partial charge in [-0.25, -0.2) is 0 Å². The number of para-hydroxylation sites is 1. The summed E-state index contributed by atoms with van der Waals surface area (Å²) in [5, 5.41) is 11.8. The molecular formula is C14H22N2O3. The molecule has 19 heavy (non-hydrogen) atoms. The van der Waals surface area contributed by atoms with Crippen molar-refractivity contribution in [1.29, 1.82) is 0 Å². The lowest BCUT2D eigenvalue weighted by atomic mass is 10.0. The fourth-order valence-corrected chi connectivity index (χ4v) is 1.93. The van der Waals surface area contributed by atoms with Crippen molar-refractivity contribution in [2.45, 2.75) is 19.8 Å². The van der Waals surface area contributed by atoms with E-state index in [-0.39, 0.29) is 18.4 Å². The van der Waals surface area contributed by atoms with Crippen LogP contribution < -0.4 is 15.8 Å². The number of nitrogens with two attached hydrogens (primary N) is 1. The Labute approximate surface area is 113 Å². The van der Waals surface area contributed by atoms with E-state index in [9.17, 15) is 4.79 Å². The lowest BCUT2D eigenvalue weighted by Crippen LogP contribution is -2.30. The van der Waals surface area contributed by atoms with Gasteiger partial charge >= 0.3 is 0 Å². The molecule has 106 valence electrons. The van der Waals surface area contributed by atoms with Crippen LogP contribution in [0.3, 0.4) is 0 Å². The van der Waals surface area contributed by atoms with Gasteiger partial charge < -0.3 is 20.9 Å². The number of carbonyl (C=O) groups excluding carboxylic acids is 1. The number of carbonyl (C=O) groups is 1. The first-order valence-electron chi connectivity index (χ1n) is 6.45. The summed E-state index contributed by atoms with van der Waals surface area (Å²) in [5.41, 5.74) is 6.64. The number of benzene rings is 1. The Morgan fingerprint density at radius 1 is 1.53 bits per heavy atom. The average Bonchev–Trinajstić information content (AvgIpc) is 2.42. The molecule has 0 saturated carbocycles. The van der Waals surface area contributed by atoms with Crippen LogP contribution in [0.5, 0.6) is 5.75 Å². The third-order valence-electron chi connectivity index (χ3n) is 3.16. The Morgan fingerprint density at radius 3 is 2.84 bits per heavy atom. The normalized spacial score (nSPS) is 11.9. The number of aliphatic hydroxyl groups excluding tert-OH is 1. The van der Waals surface area contributed by atoms with Gasteiger partial charge in [-0.05, 0) is 24.5 Å². The number of nitrogen functional groups attached to an aromatic ring is 1. The van der Waals surface area contributed by atoms with Crippen LogP contribution >= 0.6 is 0 Å². The van der Waals surface area contributed by atoms with E-state index in [0.717, 1.165) is 6.42 Å². The molecule has 0 fully saturated rings. The third kappa shape index (κ3) is 4.13. The van der Waals surface area contributed by atoms with Gasteiger partial charge in [0.25, 0.3) is 5.91 Å². The van der Waals surface area contributed by atoms with Crippen LogP contribution in [-0.2, 0) is 0 Å². The summed E-state index contributed by atoms with van der Waals surface area (Å²) in [7, 11) is 1.49. The highest BCUT2D eigenvalue weighted by Gasteiger charge is 2.15. The second-order valence-corrected chi connectivity index (χ2v) is 4.42. The Morgan fingerprint density at radius 2 is 2.26 bits per heavy atom. The van der Waals surface area contributed by atoms with Crippen molar-refractivity contribution in [2.75, 3.05) is 26.0 Å². The monoisotopic (exact) mass is 266 g/mol. The average molecular weight is 266 g/mol. The Kier molecular flexibility index (Phi) is 6.15. The van der Waals surface area contributed by atoms with E-state index in [2.05, 4.69) is 5.32 Å². The largest absolute Gasteiger partial charge is 0.494 e. The molecule has 5 heteroatoms. The minimum absolute atomic E-state index is 0.135. The van der Waals surface area contributed by atoms with Crippen LogP contribution in [0, 0.1) is 5.92 Å². The minimum atomic E-state index is -0.208. The molecule has 1 unspecified atom stereocenters. The minimum Gasteiger partial charge on any atom is -0.494 e. The molecule has 0 aliphatic heterocycles. The molecule has 1 atom stereocenters. The zero-order chi connectivity index (χ0) is 14.3. The lowest BCUT2D eigenvalue weighted by molar-refractivity contribution is 0.0940. The van der Waals surface area contributed by atoms with Crippen LogP contribution in [0.2, 0.25) is 0 Å². The van der Waals surface area contributed by atoms with Crippen LogP contribution in [0.15, 0.2) is 18.2 Å². The number of anilines is 1. The molecule has 0 spiro atoms. The number of hydrogen-bond acceptors (Lipinski definition) is 4. The molecule has 0 saturated heterocycles. The summed E-state index contributed by atoms with van der Waals surface area (Å²) < 4.78 is 5.15. The first kappa shape index (κ1) is 15.3. The Balaban J connectivity index is 2.70. The summed E-state index contributed by atoms with van der Waals surface area (Å²) in [4.78, 5) is 12.1. The van der Waals surface area contributed by atoms with Crippen LogP contribution in [0.4, 0.5) is 5.69 Å². The van der Waals surface area contributed by atoms with Gasteiger partial charge in [0.1, 0.15) is 0 Å². The van der Waals surface area contributed by atoms with Crippen molar-refractivity contribution < 1.29 is 14.6 Å². The number of nitrogens with one attached hydrogen (secondary N) is 1. The summed E-state index contributed by atoms with van der Waals surface area (Å²) in [6.07, 6.45) is 1.60. The first-order chi connectivity index (χ1) is 9.13. The number of ether oxygens (including phenoxy) is 1. The predicted octanol–water partition coefficient (Wildman–Crippen LogP) is 1.42. The molecule has 0 heterocycles. The summed E-state index contributed by atoms with van der Waals surface area (Å²) in [6.45, 7) is 2.71. The fraction of sp³-hybridized carbons (Fsp3) is 0.500. The van der Waals surface area contributed by atoms with Gasteiger partial charge in [-0.3, -0.25) is 4.79 Å². The smallest absolute Gasteiger partial charge is 0.255 e. The van der Waals surface area contributed by atoms with Gasteiger partial charge in [0.15, 0.2) is 5.75 Å². The highest BCUT2D eigenvalue weighted by Crippen LogP contribution is 2.25. The number of aliphatic hydroxyl groups is 1. The molecule has 0 aliphatic rings. The number of rotatable bonds is 7. The molecule has 0 bridgehead atoms. The van der Waals surface area contributed by atoms with Crippen molar-refractivity contribution in [3.63, 3.8) is 0 Å². The van der Waals surface area contributed by atoms with E-state index in [4.69, 9.17) is 15.6 Å². The van der Waals surface area contributed by atoms with E-state index < -0.39 is 0 Å². The number of hydrogen-bond donors (Lipinski definition) is 3. The molecule has 1 amide bonds. The van der Waals surface area contributed by atoms with Crippen molar-refractivity contribution in [3.05, 3.63) is 23.8 Å². The molecule has 1 aromatic carbocycles.